The van der Waals surface area contributed by atoms with Gasteiger partial charge < -0.3 is 14.8 Å². The number of methoxy groups -OCH3 is 1. The summed E-state index contributed by atoms with van der Waals surface area (Å²) in [4.78, 5) is 0. The lowest BCUT2D eigenvalue weighted by Gasteiger charge is -2.21. The lowest BCUT2D eigenvalue weighted by atomic mass is 10.0. The van der Waals surface area contributed by atoms with E-state index in [0.717, 1.165) is 25.3 Å². The van der Waals surface area contributed by atoms with Crippen molar-refractivity contribution in [1.29, 1.82) is 0 Å². The number of nitrogens with one attached hydrogen (secondary N) is 1. The number of rotatable bonds is 8. The van der Waals surface area contributed by atoms with E-state index in [1.54, 1.807) is 7.11 Å². The number of aryl methyl sites for hydroxylation is 1. The second-order valence-electron chi connectivity index (χ2n) is 5.03. The van der Waals surface area contributed by atoms with Crippen LogP contribution in [-0.2, 0) is 4.74 Å². The third kappa shape index (κ3) is 5.21. The van der Waals surface area contributed by atoms with E-state index in [-0.39, 0.29) is 6.10 Å². The van der Waals surface area contributed by atoms with E-state index in [2.05, 4.69) is 51.2 Å². The van der Waals surface area contributed by atoms with E-state index in [4.69, 9.17) is 9.47 Å². The highest BCUT2D eigenvalue weighted by Gasteiger charge is 2.13. The first kappa shape index (κ1) is 16.0. The van der Waals surface area contributed by atoms with Crippen molar-refractivity contribution in [2.45, 2.75) is 46.3 Å². The van der Waals surface area contributed by atoms with Crippen LogP contribution in [0, 0.1) is 6.92 Å². The smallest absolute Gasteiger partial charge is 0.124 e. The molecule has 19 heavy (non-hydrogen) atoms. The highest BCUT2D eigenvalue weighted by molar-refractivity contribution is 5.39. The van der Waals surface area contributed by atoms with Crippen LogP contribution in [0.3, 0.4) is 0 Å². The molecule has 1 rings (SSSR count). The number of hydrogen-bond acceptors (Lipinski definition) is 3. The SMILES string of the molecule is CCNC(C)c1cc(C)ccc1OC(C)CCOC. The van der Waals surface area contributed by atoms with Crippen LogP contribution in [0.4, 0.5) is 0 Å². The van der Waals surface area contributed by atoms with Crippen molar-refractivity contribution in [3.05, 3.63) is 29.3 Å². The molecule has 0 saturated heterocycles. The number of hydrogen-bond donors (Lipinski definition) is 1. The van der Waals surface area contributed by atoms with Crippen molar-refractivity contribution in [2.24, 2.45) is 0 Å². The molecule has 0 aromatic heterocycles. The van der Waals surface area contributed by atoms with Gasteiger partial charge in [-0.15, -0.1) is 0 Å². The van der Waals surface area contributed by atoms with Crippen LogP contribution in [0.25, 0.3) is 0 Å². The van der Waals surface area contributed by atoms with E-state index < -0.39 is 0 Å². The Morgan fingerprint density at radius 3 is 2.63 bits per heavy atom. The monoisotopic (exact) mass is 265 g/mol. The highest BCUT2D eigenvalue weighted by atomic mass is 16.5. The lowest BCUT2D eigenvalue weighted by Crippen LogP contribution is -2.21. The molecule has 0 fully saturated rings. The van der Waals surface area contributed by atoms with Crippen molar-refractivity contribution in [3.8, 4) is 5.75 Å². The van der Waals surface area contributed by atoms with Gasteiger partial charge in [0, 0.05) is 31.7 Å². The first-order valence-corrected chi connectivity index (χ1v) is 7.08. The average Bonchev–Trinajstić information content (AvgIpc) is 2.38. The van der Waals surface area contributed by atoms with Crippen LogP contribution < -0.4 is 10.1 Å². The van der Waals surface area contributed by atoms with Crippen molar-refractivity contribution < 1.29 is 9.47 Å². The molecular weight excluding hydrogens is 238 g/mol. The Kier molecular flexibility index (Phi) is 6.89. The first-order chi connectivity index (χ1) is 9.08. The predicted molar refractivity (Wildman–Crippen MR) is 79.9 cm³/mol. The summed E-state index contributed by atoms with van der Waals surface area (Å²) in [6.07, 6.45) is 1.06. The third-order valence-corrected chi connectivity index (χ3v) is 3.20. The number of ether oxygens (including phenoxy) is 2. The Morgan fingerprint density at radius 2 is 2.00 bits per heavy atom. The van der Waals surface area contributed by atoms with E-state index in [1.165, 1.54) is 11.1 Å². The molecule has 2 atom stereocenters. The fraction of sp³-hybridized carbons (Fsp3) is 0.625. The molecule has 0 aliphatic carbocycles. The summed E-state index contributed by atoms with van der Waals surface area (Å²) in [6.45, 7) is 10.2. The highest BCUT2D eigenvalue weighted by Crippen LogP contribution is 2.27. The van der Waals surface area contributed by atoms with Gasteiger partial charge in [-0.2, -0.15) is 0 Å². The zero-order valence-electron chi connectivity index (χ0n) is 12.8. The second-order valence-corrected chi connectivity index (χ2v) is 5.03. The molecule has 0 amide bonds. The lowest BCUT2D eigenvalue weighted by molar-refractivity contribution is 0.134. The Labute approximate surface area is 117 Å². The molecule has 1 N–H and O–H groups in total. The molecule has 0 spiro atoms. The molecule has 0 heterocycles. The van der Waals surface area contributed by atoms with Gasteiger partial charge in [0.1, 0.15) is 5.75 Å². The molecule has 3 nitrogen and oxygen atoms in total. The molecular formula is C16H27NO2. The van der Waals surface area contributed by atoms with Gasteiger partial charge in [0.2, 0.25) is 0 Å². The summed E-state index contributed by atoms with van der Waals surface area (Å²) >= 11 is 0. The molecule has 108 valence electrons. The molecule has 3 heteroatoms. The van der Waals surface area contributed by atoms with Crippen molar-refractivity contribution in [1.82, 2.24) is 5.32 Å². The quantitative estimate of drug-likeness (QED) is 0.780. The molecule has 0 bridgehead atoms. The minimum absolute atomic E-state index is 0.162. The Balaban J connectivity index is 2.81. The van der Waals surface area contributed by atoms with Crippen molar-refractivity contribution in [3.63, 3.8) is 0 Å². The van der Waals surface area contributed by atoms with Crippen LogP contribution in [0.1, 0.15) is 44.4 Å². The van der Waals surface area contributed by atoms with Gasteiger partial charge in [-0.3, -0.25) is 0 Å². The molecule has 0 saturated carbocycles. The minimum atomic E-state index is 0.162. The number of benzene rings is 1. The van der Waals surface area contributed by atoms with E-state index >= 15 is 0 Å². The van der Waals surface area contributed by atoms with Gasteiger partial charge in [-0.25, -0.2) is 0 Å². The summed E-state index contributed by atoms with van der Waals surface area (Å²) in [5, 5.41) is 3.44. The standard InChI is InChI=1S/C16H27NO2/c1-6-17-14(4)15-11-12(2)7-8-16(15)19-13(3)9-10-18-5/h7-8,11,13-14,17H,6,9-10H2,1-5H3. The van der Waals surface area contributed by atoms with Crippen LogP contribution in [0.15, 0.2) is 18.2 Å². The molecule has 2 unspecified atom stereocenters. The molecule has 1 aromatic rings. The zero-order chi connectivity index (χ0) is 14.3. The topological polar surface area (TPSA) is 30.5 Å². The minimum Gasteiger partial charge on any atom is -0.490 e. The van der Waals surface area contributed by atoms with Crippen LogP contribution in [-0.4, -0.2) is 26.4 Å². The summed E-state index contributed by atoms with van der Waals surface area (Å²) in [6, 6.07) is 6.67. The van der Waals surface area contributed by atoms with Gasteiger partial charge >= 0.3 is 0 Å². The van der Waals surface area contributed by atoms with Crippen LogP contribution in [0.2, 0.25) is 0 Å². The summed E-state index contributed by atoms with van der Waals surface area (Å²) < 4.78 is 11.1. The average molecular weight is 265 g/mol. The maximum Gasteiger partial charge on any atom is 0.124 e. The Morgan fingerprint density at radius 1 is 1.26 bits per heavy atom. The predicted octanol–water partition coefficient (Wildman–Crippen LogP) is 3.47. The van der Waals surface area contributed by atoms with Gasteiger partial charge in [0.05, 0.1) is 6.10 Å². The van der Waals surface area contributed by atoms with Crippen molar-refractivity contribution in [2.75, 3.05) is 20.3 Å². The van der Waals surface area contributed by atoms with E-state index in [0.29, 0.717) is 6.04 Å². The van der Waals surface area contributed by atoms with E-state index in [1.807, 2.05) is 0 Å². The van der Waals surface area contributed by atoms with E-state index in [9.17, 15) is 0 Å². The van der Waals surface area contributed by atoms with Gasteiger partial charge in [-0.1, -0.05) is 24.6 Å². The first-order valence-electron chi connectivity index (χ1n) is 7.08. The Hall–Kier alpha value is -1.06. The van der Waals surface area contributed by atoms with Crippen LogP contribution in [0.5, 0.6) is 5.75 Å². The van der Waals surface area contributed by atoms with Gasteiger partial charge in [0.25, 0.3) is 0 Å². The third-order valence-electron chi connectivity index (χ3n) is 3.20. The van der Waals surface area contributed by atoms with Gasteiger partial charge in [0.15, 0.2) is 0 Å². The fourth-order valence-electron chi connectivity index (χ4n) is 2.09. The molecule has 0 aliphatic rings. The molecule has 0 radical (unpaired) electrons. The molecule has 0 aliphatic heterocycles. The maximum absolute atomic E-state index is 6.05. The fourth-order valence-corrected chi connectivity index (χ4v) is 2.09. The molecule has 1 aromatic carbocycles. The Bertz CT molecular complexity index is 379. The van der Waals surface area contributed by atoms with Crippen molar-refractivity contribution >= 4 is 0 Å². The largest absolute Gasteiger partial charge is 0.490 e. The maximum atomic E-state index is 6.05. The second kappa shape index (κ2) is 8.18. The summed E-state index contributed by atoms with van der Waals surface area (Å²) in [5.74, 6) is 0.975. The summed E-state index contributed by atoms with van der Waals surface area (Å²) in [5.41, 5.74) is 2.49. The normalized spacial score (nSPS) is 14.2. The summed E-state index contributed by atoms with van der Waals surface area (Å²) in [7, 11) is 1.72. The zero-order valence-corrected chi connectivity index (χ0v) is 12.8. The van der Waals surface area contributed by atoms with Gasteiger partial charge in [-0.05, 0) is 33.4 Å². The van der Waals surface area contributed by atoms with Crippen LogP contribution >= 0.6 is 0 Å².